The molecule has 2 aromatic rings. The minimum Gasteiger partial charge on any atom is -0.207 e. The number of halogens is 1. The molecule has 0 unspecified atom stereocenters. The van der Waals surface area contributed by atoms with E-state index >= 15 is 0 Å². The molecule has 0 aliphatic rings. The van der Waals surface area contributed by atoms with Crippen LogP contribution in [0.3, 0.4) is 0 Å². The average Bonchev–Trinajstić information content (AvgIpc) is 2.28. The summed E-state index contributed by atoms with van der Waals surface area (Å²) in [4.78, 5) is 0. The number of hydrogen-bond acceptors (Lipinski definition) is 0. The zero-order valence-corrected chi connectivity index (χ0v) is 11.4. The van der Waals surface area contributed by atoms with Crippen LogP contribution >= 0.6 is 0 Å². The van der Waals surface area contributed by atoms with E-state index < -0.39 is 0 Å². The van der Waals surface area contributed by atoms with Crippen molar-refractivity contribution in [1.29, 1.82) is 0 Å². The standard InChI is InChI=1S/C17H19F/c1-11(2)17-13(4)15(8-9-16(17)18)14-7-5-6-12(3)10-14/h5-11H,1-4H3. The lowest BCUT2D eigenvalue weighted by atomic mass is 9.90. The van der Waals surface area contributed by atoms with Gasteiger partial charge in [0.05, 0.1) is 0 Å². The second kappa shape index (κ2) is 4.93. The first-order valence-corrected chi connectivity index (χ1v) is 6.36. The van der Waals surface area contributed by atoms with E-state index in [9.17, 15) is 4.39 Å². The summed E-state index contributed by atoms with van der Waals surface area (Å²) in [7, 11) is 0. The van der Waals surface area contributed by atoms with Gasteiger partial charge in [0.1, 0.15) is 5.82 Å². The quantitative estimate of drug-likeness (QED) is 0.676. The second-order valence-electron chi connectivity index (χ2n) is 5.16. The Labute approximate surface area is 108 Å². The van der Waals surface area contributed by atoms with Crippen molar-refractivity contribution >= 4 is 0 Å². The summed E-state index contributed by atoms with van der Waals surface area (Å²) in [6.07, 6.45) is 0. The molecule has 2 aromatic carbocycles. The molecule has 2 rings (SSSR count). The molecule has 0 radical (unpaired) electrons. The van der Waals surface area contributed by atoms with E-state index in [1.165, 1.54) is 5.56 Å². The summed E-state index contributed by atoms with van der Waals surface area (Å²) in [6.45, 7) is 8.15. The van der Waals surface area contributed by atoms with Gasteiger partial charge in [0.2, 0.25) is 0 Å². The normalized spacial score (nSPS) is 11.0. The maximum Gasteiger partial charge on any atom is 0.126 e. The second-order valence-corrected chi connectivity index (χ2v) is 5.16. The summed E-state index contributed by atoms with van der Waals surface area (Å²) >= 11 is 0. The van der Waals surface area contributed by atoms with E-state index in [4.69, 9.17) is 0 Å². The van der Waals surface area contributed by atoms with Crippen LogP contribution in [-0.2, 0) is 0 Å². The third-order valence-electron chi connectivity index (χ3n) is 3.37. The molecule has 0 saturated heterocycles. The average molecular weight is 242 g/mol. The number of rotatable bonds is 2. The molecule has 0 saturated carbocycles. The maximum atomic E-state index is 13.9. The molecule has 0 spiro atoms. The molecule has 0 aliphatic carbocycles. The van der Waals surface area contributed by atoms with Crippen molar-refractivity contribution in [2.45, 2.75) is 33.6 Å². The van der Waals surface area contributed by atoms with Crippen molar-refractivity contribution in [1.82, 2.24) is 0 Å². The van der Waals surface area contributed by atoms with E-state index in [-0.39, 0.29) is 11.7 Å². The molecule has 18 heavy (non-hydrogen) atoms. The summed E-state index contributed by atoms with van der Waals surface area (Å²) < 4.78 is 13.9. The molecule has 0 aromatic heterocycles. The van der Waals surface area contributed by atoms with Crippen molar-refractivity contribution in [3.8, 4) is 11.1 Å². The van der Waals surface area contributed by atoms with E-state index in [1.54, 1.807) is 6.07 Å². The topological polar surface area (TPSA) is 0 Å². The lowest BCUT2D eigenvalue weighted by Gasteiger charge is -2.15. The molecule has 0 nitrogen and oxygen atoms in total. The smallest absolute Gasteiger partial charge is 0.126 e. The SMILES string of the molecule is Cc1cccc(-c2ccc(F)c(C(C)C)c2C)c1. The highest BCUT2D eigenvalue weighted by Gasteiger charge is 2.13. The largest absolute Gasteiger partial charge is 0.207 e. The summed E-state index contributed by atoms with van der Waals surface area (Å²) in [5.74, 6) is 0.105. The van der Waals surface area contributed by atoms with Gasteiger partial charge in [0.25, 0.3) is 0 Å². The first-order valence-electron chi connectivity index (χ1n) is 6.36. The molecule has 0 N–H and O–H groups in total. The molecule has 0 heterocycles. The minimum atomic E-state index is -0.0982. The van der Waals surface area contributed by atoms with Crippen LogP contribution in [-0.4, -0.2) is 0 Å². The fourth-order valence-electron chi connectivity index (χ4n) is 2.53. The summed E-state index contributed by atoms with van der Waals surface area (Å²) in [6, 6.07) is 11.8. The first kappa shape index (κ1) is 12.8. The van der Waals surface area contributed by atoms with Crippen LogP contribution in [0, 0.1) is 19.7 Å². The molecule has 0 fully saturated rings. The predicted molar refractivity (Wildman–Crippen MR) is 75.4 cm³/mol. The Morgan fingerprint density at radius 3 is 2.33 bits per heavy atom. The zero-order valence-electron chi connectivity index (χ0n) is 11.4. The molecule has 0 bridgehead atoms. The third kappa shape index (κ3) is 2.31. The van der Waals surface area contributed by atoms with Crippen LogP contribution in [0.5, 0.6) is 0 Å². The predicted octanol–water partition coefficient (Wildman–Crippen LogP) is 5.23. The zero-order chi connectivity index (χ0) is 13.3. The van der Waals surface area contributed by atoms with Gasteiger partial charge in [-0.05, 0) is 48.1 Å². The van der Waals surface area contributed by atoms with Crippen LogP contribution in [0.1, 0.15) is 36.5 Å². The van der Waals surface area contributed by atoms with E-state index in [2.05, 4.69) is 25.1 Å². The van der Waals surface area contributed by atoms with E-state index in [0.717, 1.165) is 22.3 Å². The highest BCUT2D eigenvalue weighted by molar-refractivity contribution is 5.69. The lowest BCUT2D eigenvalue weighted by molar-refractivity contribution is 0.596. The fraction of sp³-hybridized carbons (Fsp3) is 0.294. The molecule has 0 amide bonds. The monoisotopic (exact) mass is 242 g/mol. The van der Waals surface area contributed by atoms with Crippen LogP contribution in [0.4, 0.5) is 4.39 Å². The Morgan fingerprint density at radius 2 is 1.72 bits per heavy atom. The number of benzene rings is 2. The molecular formula is C17H19F. The van der Waals surface area contributed by atoms with Gasteiger partial charge < -0.3 is 0 Å². The maximum absolute atomic E-state index is 13.9. The van der Waals surface area contributed by atoms with Crippen molar-refractivity contribution in [2.75, 3.05) is 0 Å². The van der Waals surface area contributed by atoms with Gasteiger partial charge in [-0.15, -0.1) is 0 Å². The van der Waals surface area contributed by atoms with Crippen molar-refractivity contribution in [3.63, 3.8) is 0 Å². The number of hydrogen-bond donors (Lipinski definition) is 0. The van der Waals surface area contributed by atoms with Crippen LogP contribution in [0.2, 0.25) is 0 Å². The molecular weight excluding hydrogens is 223 g/mol. The third-order valence-corrected chi connectivity index (χ3v) is 3.37. The molecule has 94 valence electrons. The first-order chi connectivity index (χ1) is 8.50. The Bertz CT molecular complexity index is 568. The van der Waals surface area contributed by atoms with Gasteiger partial charge in [-0.1, -0.05) is 49.7 Å². The lowest BCUT2D eigenvalue weighted by Crippen LogP contribution is -1.99. The minimum absolute atomic E-state index is 0.0982. The van der Waals surface area contributed by atoms with Gasteiger partial charge in [-0.2, -0.15) is 0 Å². The van der Waals surface area contributed by atoms with E-state index in [0.29, 0.717) is 0 Å². The molecule has 0 aliphatic heterocycles. The van der Waals surface area contributed by atoms with Crippen LogP contribution in [0.25, 0.3) is 11.1 Å². The Morgan fingerprint density at radius 1 is 1.00 bits per heavy atom. The fourth-order valence-corrected chi connectivity index (χ4v) is 2.53. The van der Waals surface area contributed by atoms with Gasteiger partial charge in [0, 0.05) is 0 Å². The highest BCUT2D eigenvalue weighted by atomic mass is 19.1. The molecule has 0 atom stereocenters. The molecule has 1 heteroatoms. The van der Waals surface area contributed by atoms with Crippen molar-refractivity contribution < 1.29 is 4.39 Å². The van der Waals surface area contributed by atoms with E-state index in [1.807, 2.05) is 32.9 Å². The van der Waals surface area contributed by atoms with Crippen molar-refractivity contribution in [2.24, 2.45) is 0 Å². The Kier molecular flexibility index (Phi) is 3.51. The van der Waals surface area contributed by atoms with Crippen LogP contribution in [0.15, 0.2) is 36.4 Å². The Balaban J connectivity index is 2.63. The van der Waals surface area contributed by atoms with Gasteiger partial charge >= 0.3 is 0 Å². The highest BCUT2D eigenvalue weighted by Crippen LogP contribution is 2.31. The van der Waals surface area contributed by atoms with Gasteiger partial charge in [0.15, 0.2) is 0 Å². The number of aryl methyl sites for hydroxylation is 1. The van der Waals surface area contributed by atoms with Crippen molar-refractivity contribution in [3.05, 3.63) is 58.9 Å². The summed E-state index contributed by atoms with van der Waals surface area (Å²) in [5.41, 5.74) is 5.39. The van der Waals surface area contributed by atoms with Gasteiger partial charge in [-0.25, -0.2) is 4.39 Å². The van der Waals surface area contributed by atoms with Crippen LogP contribution < -0.4 is 0 Å². The Hall–Kier alpha value is -1.63. The van der Waals surface area contributed by atoms with Gasteiger partial charge in [-0.3, -0.25) is 0 Å². The summed E-state index contributed by atoms with van der Waals surface area (Å²) in [5, 5.41) is 0.